The van der Waals surface area contributed by atoms with Crippen molar-refractivity contribution in [2.75, 3.05) is 7.11 Å². The minimum Gasteiger partial charge on any atom is -0.496 e. The molecule has 0 radical (unpaired) electrons. The summed E-state index contributed by atoms with van der Waals surface area (Å²) in [5.74, 6) is -6.31. The summed E-state index contributed by atoms with van der Waals surface area (Å²) in [5, 5.41) is 46.1. The van der Waals surface area contributed by atoms with E-state index in [1.165, 1.54) is 25.3 Å². The number of rotatable bonds is 4. The average molecular weight is 444 g/mol. The molecule has 4 N–H and O–H groups in total. The van der Waals surface area contributed by atoms with E-state index in [-0.39, 0.29) is 17.1 Å². The first kappa shape index (κ1) is 20.8. The van der Waals surface area contributed by atoms with Crippen molar-refractivity contribution in [3.63, 3.8) is 0 Å². The Bertz CT molecular complexity index is 1170. The highest BCUT2D eigenvalue weighted by Gasteiger charge is 2.88. The number of Topliss-reactive ketones (excluding diaryl/α,β-unsaturated/α-hetero) is 1. The zero-order valence-corrected chi connectivity index (χ0v) is 16.8. The Kier molecular flexibility index (Phi) is 4.22. The fourth-order valence-electron chi connectivity index (χ4n) is 5.68. The largest absolute Gasteiger partial charge is 0.496 e. The van der Waals surface area contributed by atoms with Crippen LogP contribution in [0.25, 0.3) is 0 Å². The molecule has 0 spiro atoms. The van der Waals surface area contributed by atoms with Gasteiger partial charge in [-0.25, -0.2) is 9.59 Å². The van der Waals surface area contributed by atoms with Gasteiger partial charge in [0.05, 0.1) is 25.0 Å². The Morgan fingerprint density at radius 3 is 2.47 bits per heavy atom. The van der Waals surface area contributed by atoms with Gasteiger partial charge in [-0.05, 0) is 0 Å². The van der Waals surface area contributed by atoms with Crippen molar-refractivity contribution in [3.8, 4) is 5.75 Å². The lowest BCUT2D eigenvalue weighted by molar-refractivity contribution is -0.252. The number of aliphatic hydroxyl groups excluding tert-OH is 1. The average Bonchev–Trinajstić information content (AvgIpc) is 2.87. The third-order valence-corrected chi connectivity index (χ3v) is 6.99. The predicted molar refractivity (Wildman–Crippen MR) is 104 cm³/mol. The van der Waals surface area contributed by atoms with Gasteiger partial charge in [-0.2, -0.15) is 0 Å². The van der Waals surface area contributed by atoms with E-state index < -0.39 is 64.6 Å². The molecule has 0 amide bonds. The molecule has 2 aliphatic carbocycles. The Balaban J connectivity index is 1.80. The maximum atomic E-state index is 13.5. The smallest absolute Gasteiger partial charge is 0.342 e. The van der Waals surface area contributed by atoms with E-state index in [1.807, 2.05) is 0 Å². The van der Waals surface area contributed by atoms with Gasteiger partial charge in [0.15, 0.2) is 5.78 Å². The van der Waals surface area contributed by atoms with Crippen LogP contribution in [0.1, 0.15) is 28.5 Å². The van der Waals surface area contributed by atoms with Crippen LogP contribution >= 0.6 is 0 Å². The topological polar surface area (TPSA) is 164 Å². The first-order valence-corrected chi connectivity index (χ1v) is 9.93. The van der Waals surface area contributed by atoms with Gasteiger partial charge in [-0.1, -0.05) is 30.3 Å². The molecule has 10 heteroatoms. The molecule has 3 fully saturated rings. The Labute approximate surface area is 180 Å². The van der Waals surface area contributed by atoms with Crippen molar-refractivity contribution in [2.45, 2.75) is 41.3 Å². The quantitative estimate of drug-likeness (QED) is 0.344. The molecule has 7 atom stereocenters. The third-order valence-electron chi connectivity index (χ3n) is 6.99. The van der Waals surface area contributed by atoms with Crippen LogP contribution in [0.3, 0.4) is 0 Å². The van der Waals surface area contributed by atoms with Crippen molar-refractivity contribution in [2.24, 2.45) is 5.92 Å². The fourth-order valence-corrected chi connectivity index (χ4v) is 5.68. The number of hydrogen-bond acceptors (Lipinski definition) is 10. The summed E-state index contributed by atoms with van der Waals surface area (Å²) < 4.78 is 15.4. The fraction of sp³-hybridized carbons (Fsp3) is 0.409. The lowest BCUT2D eigenvalue weighted by atomic mass is 9.65. The molecule has 2 saturated carbocycles. The summed E-state index contributed by atoms with van der Waals surface area (Å²) in [4.78, 5) is 38.5. The summed E-state index contributed by atoms with van der Waals surface area (Å²) in [6, 6.07) is 9.75. The molecular formula is C22H20O10. The summed E-state index contributed by atoms with van der Waals surface area (Å²) in [5.41, 5.74) is -8.89. The molecule has 3 aliphatic rings. The standard InChI is InChI=1S/C22H20O10/c1-30-11-7-12(31-14(23)8-11)16-20(27)9-13-18(25)21(16,28)17(22(20,29)19(26)32-13)15(24)10-5-3-2-4-6-10/h2-8,13,16-18,25,27-29H,9H2,1H3/t13-,16-,17+,18?,20-,21+,22-/m1/s1. The number of methoxy groups -OCH3 is 1. The molecular weight excluding hydrogens is 424 g/mol. The van der Waals surface area contributed by atoms with Crippen LogP contribution in [0.15, 0.2) is 51.7 Å². The van der Waals surface area contributed by atoms with E-state index in [1.54, 1.807) is 18.2 Å². The molecule has 32 heavy (non-hydrogen) atoms. The van der Waals surface area contributed by atoms with E-state index in [0.29, 0.717) is 0 Å². The van der Waals surface area contributed by atoms with E-state index in [9.17, 15) is 34.8 Å². The van der Waals surface area contributed by atoms with Gasteiger partial charge >= 0.3 is 11.6 Å². The maximum Gasteiger partial charge on any atom is 0.342 e. The minimum atomic E-state index is -2.92. The van der Waals surface area contributed by atoms with E-state index in [4.69, 9.17) is 13.9 Å². The van der Waals surface area contributed by atoms with Crippen molar-refractivity contribution in [3.05, 3.63) is 64.2 Å². The first-order valence-electron chi connectivity index (χ1n) is 9.93. The number of carbonyl (C=O) groups excluding carboxylic acids is 2. The van der Waals surface area contributed by atoms with Gasteiger partial charge in [0.1, 0.15) is 34.9 Å². The van der Waals surface area contributed by atoms with E-state index in [0.717, 1.165) is 6.07 Å². The van der Waals surface area contributed by atoms with Crippen LogP contribution in [0.4, 0.5) is 0 Å². The number of hydrogen-bond donors (Lipinski definition) is 4. The van der Waals surface area contributed by atoms with Crippen molar-refractivity contribution in [1.29, 1.82) is 0 Å². The molecule has 1 saturated heterocycles. The lowest BCUT2D eigenvalue weighted by Gasteiger charge is -2.50. The number of benzene rings is 1. The molecule has 2 heterocycles. The molecule has 1 aromatic carbocycles. The van der Waals surface area contributed by atoms with Crippen LogP contribution in [-0.4, -0.2) is 68.3 Å². The maximum absolute atomic E-state index is 13.5. The molecule has 1 aliphatic heterocycles. The highest BCUT2D eigenvalue weighted by molar-refractivity contribution is 6.05. The second kappa shape index (κ2) is 6.48. The Hall–Kier alpha value is -3.05. The van der Waals surface area contributed by atoms with Crippen LogP contribution in [0, 0.1) is 5.92 Å². The Morgan fingerprint density at radius 2 is 1.81 bits per heavy atom. The third kappa shape index (κ3) is 2.29. The lowest BCUT2D eigenvalue weighted by Crippen LogP contribution is -2.69. The molecule has 5 rings (SSSR count). The SMILES string of the molecule is COc1cc([C@H]2[C@@]3(O)C(O)[C@H]4C[C@]2(O)[C@](O)(C(=O)O4)[C@H]3C(=O)c2ccccc2)oc(=O)c1. The van der Waals surface area contributed by atoms with Crippen LogP contribution in [-0.2, 0) is 9.53 Å². The summed E-state index contributed by atoms with van der Waals surface area (Å²) in [6.45, 7) is 0. The molecule has 3 bridgehead atoms. The van der Waals surface area contributed by atoms with Crippen molar-refractivity contribution in [1.82, 2.24) is 0 Å². The zero-order chi connectivity index (χ0) is 23.1. The van der Waals surface area contributed by atoms with Gasteiger partial charge in [-0.3, -0.25) is 4.79 Å². The number of ketones is 1. The summed E-state index contributed by atoms with van der Waals surface area (Å²) >= 11 is 0. The minimum absolute atomic E-state index is 0.0218. The predicted octanol–water partition coefficient (Wildman–Crippen LogP) is -0.872. The number of fused-ring (bicyclic) bond motifs is 2. The van der Waals surface area contributed by atoms with Crippen LogP contribution in [0.2, 0.25) is 0 Å². The second-order valence-electron chi connectivity index (χ2n) is 8.49. The van der Waals surface area contributed by atoms with Gasteiger partial charge < -0.3 is 34.3 Å². The summed E-state index contributed by atoms with van der Waals surface area (Å²) in [6.07, 6.45) is -3.76. The highest BCUT2D eigenvalue weighted by atomic mass is 16.6. The van der Waals surface area contributed by atoms with Crippen molar-refractivity contribution >= 4 is 11.8 Å². The van der Waals surface area contributed by atoms with E-state index in [2.05, 4.69) is 0 Å². The highest BCUT2D eigenvalue weighted by Crippen LogP contribution is 2.67. The molecule has 10 nitrogen and oxygen atoms in total. The van der Waals surface area contributed by atoms with Gasteiger partial charge in [-0.15, -0.1) is 0 Å². The van der Waals surface area contributed by atoms with Crippen LogP contribution in [0.5, 0.6) is 5.75 Å². The second-order valence-corrected chi connectivity index (χ2v) is 8.49. The van der Waals surface area contributed by atoms with Crippen LogP contribution < -0.4 is 10.4 Å². The molecule has 1 aromatic heterocycles. The number of ether oxygens (including phenoxy) is 2. The number of aliphatic hydroxyl groups is 4. The van der Waals surface area contributed by atoms with Gasteiger partial charge in [0.2, 0.25) is 5.60 Å². The first-order chi connectivity index (χ1) is 15.1. The van der Waals surface area contributed by atoms with E-state index >= 15 is 0 Å². The number of esters is 1. The number of carbonyl (C=O) groups is 2. The summed E-state index contributed by atoms with van der Waals surface area (Å²) in [7, 11) is 1.28. The van der Waals surface area contributed by atoms with Gasteiger partial charge in [0, 0.05) is 18.1 Å². The normalized spacial score (nSPS) is 39.6. The zero-order valence-electron chi connectivity index (χ0n) is 16.8. The monoisotopic (exact) mass is 444 g/mol. The van der Waals surface area contributed by atoms with Crippen molar-refractivity contribution < 1.29 is 43.9 Å². The Morgan fingerprint density at radius 1 is 1.12 bits per heavy atom. The molecule has 1 unspecified atom stereocenters. The molecule has 168 valence electrons. The molecule has 2 aromatic rings. The van der Waals surface area contributed by atoms with Gasteiger partial charge in [0.25, 0.3) is 0 Å².